The number of hydrogen-bond donors (Lipinski definition) is 1. The number of rotatable bonds is 5. The highest BCUT2D eigenvalue weighted by molar-refractivity contribution is 6.31. The Morgan fingerprint density at radius 1 is 1.42 bits per heavy atom. The van der Waals surface area contributed by atoms with Gasteiger partial charge in [-0.15, -0.1) is 0 Å². The van der Waals surface area contributed by atoms with E-state index in [1.54, 1.807) is 0 Å². The summed E-state index contributed by atoms with van der Waals surface area (Å²) in [4.78, 5) is 10.4. The smallest absolute Gasteiger partial charge is 0.108 e. The van der Waals surface area contributed by atoms with Gasteiger partial charge in [-0.05, 0) is 43.5 Å². The Morgan fingerprint density at radius 3 is 2.95 bits per heavy atom. The quantitative estimate of drug-likeness (QED) is 0.907. The lowest BCUT2D eigenvalue weighted by Gasteiger charge is -2.19. The van der Waals surface area contributed by atoms with Gasteiger partial charge in [-0.3, -0.25) is 0 Å². The maximum absolute atomic E-state index is 5.98. The highest BCUT2D eigenvalue weighted by Gasteiger charge is 2.37. The van der Waals surface area contributed by atoms with E-state index in [1.165, 1.54) is 19.4 Å². The summed E-state index contributed by atoms with van der Waals surface area (Å²) < 4.78 is 0. The van der Waals surface area contributed by atoms with E-state index in [4.69, 9.17) is 11.6 Å². The van der Waals surface area contributed by atoms with Gasteiger partial charge in [0.05, 0.1) is 11.0 Å². The van der Waals surface area contributed by atoms with Crippen LogP contribution < -0.4 is 0 Å². The summed E-state index contributed by atoms with van der Waals surface area (Å²) in [5.41, 5.74) is 2.60. The SMILES string of the molecule is CN(CCc1nc2ccc(Cl)cc2[nH]1)CC1(C)CC1. The van der Waals surface area contributed by atoms with Crippen molar-refractivity contribution >= 4 is 22.6 Å². The topological polar surface area (TPSA) is 31.9 Å². The van der Waals surface area contributed by atoms with Gasteiger partial charge in [-0.2, -0.15) is 0 Å². The minimum atomic E-state index is 0.580. The van der Waals surface area contributed by atoms with Crippen molar-refractivity contribution in [3.8, 4) is 0 Å². The molecule has 1 aliphatic carbocycles. The Morgan fingerprint density at radius 2 is 2.21 bits per heavy atom. The van der Waals surface area contributed by atoms with Gasteiger partial charge in [-0.25, -0.2) is 4.98 Å². The molecule has 0 atom stereocenters. The molecule has 3 nitrogen and oxygen atoms in total. The molecule has 2 aromatic rings. The van der Waals surface area contributed by atoms with Gasteiger partial charge in [0.15, 0.2) is 0 Å². The second-order valence-electron chi connectivity index (χ2n) is 6.14. The van der Waals surface area contributed by atoms with Gasteiger partial charge < -0.3 is 9.88 Å². The lowest BCUT2D eigenvalue weighted by atomic mass is 10.1. The molecule has 4 heteroatoms. The molecule has 0 saturated heterocycles. The van der Waals surface area contributed by atoms with Gasteiger partial charge in [0.2, 0.25) is 0 Å². The molecular formula is C15H20ClN3. The first-order valence-corrected chi connectivity index (χ1v) is 7.25. The maximum Gasteiger partial charge on any atom is 0.108 e. The van der Waals surface area contributed by atoms with Gasteiger partial charge in [0, 0.05) is 24.5 Å². The Labute approximate surface area is 119 Å². The van der Waals surface area contributed by atoms with Crippen molar-refractivity contribution in [1.82, 2.24) is 14.9 Å². The number of benzene rings is 1. The van der Waals surface area contributed by atoms with Crippen LogP contribution in [0, 0.1) is 5.41 Å². The Kier molecular flexibility index (Phi) is 3.27. The molecule has 1 fully saturated rings. The monoisotopic (exact) mass is 277 g/mol. The van der Waals surface area contributed by atoms with Gasteiger partial charge >= 0.3 is 0 Å². The second-order valence-corrected chi connectivity index (χ2v) is 6.58. The lowest BCUT2D eigenvalue weighted by Crippen LogP contribution is -2.27. The van der Waals surface area contributed by atoms with E-state index in [-0.39, 0.29) is 0 Å². The minimum Gasteiger partial charge on any atom is -0.342 e. The fourth-order valence-corrected chi connectivity index (χ4v) is 2.72. The largest absolute Gasteiger partial charge is 0.342 e. The van der Waals surface area contributed by atoms with Crippen molar-refractivity contribution in [2.24, 2.45) is 5.41 Å². The van der Waals surface area contributed by atoms with Crippen molar-refractivity contribution in [3.63, 3.8) is 0 Å². The normalized spacial score (nSPS) is 17.3. The van der Waals surface area contributed by atoms with Crippen molar-refractivity contribution in [3.05, 3.63) is 29.0 Å². The number of H-pyrrole nitrogens is 1. The molecule has 1 heterocycles. The standard InChI is InChI=1S/C15H20ClN3/c1-15(6-7-15)10-19(2)8-5-14-17-12-4-3-11(16)9-13(12)18-14/h3-4,9H,5-8,10H2,1-2H3,(H,17,18). The van der Waals surface area contributed by atoms with Gasteiger partial charge in [0.25, 0.3) is 0 Å². The first-order chi connectivity index (χ1) is 9.04. The molecule has 1 saturated carbocycles. The summed E-state index contributed by atoms with van der Waals surface area (Å²) in [6.45, 7) is 4.61. The van der Waals surface area contributed by atoms with Crippen LogP contribution in [0.3, 0.4) is 0 Å². The van der Waals surface area contributed by atoms with Crippen molar-refractivity contribution < 1.29 is 0 Å². The number of likely N-dealkylation sites (N-methyl/N-ethyl adjacent to an activating group) is 1. The molecule has 0 amide bonds. The summed E-state index contributed by atoms with van der Waals surface area (Å²) in [7, 11) is 2.20. The summed E-state index contributed by atoms with van der Waals surface area (Å²) in [5, 5.41) is 0.751. The molecule has 3 rings (SSSR count). The predicted molar refractivity (Wildman–Crippen MR) is 79.6 cm³/mol. The lowest BCUT2D eigenvalue weighted by molar-refractivity contribution is 0.276. The Balaban J connectivity index is 1.61. The number of aromatic nitrogens is 2. The Hall–Kier alpha value is -1.06. The maximum atomic E-state index is 5.98. The van der Waals surface area contributed by atoms with Crippen molar-refractivity contribution in [2.75, 3.05) is 20.1 Å². The van der Waals surface area contributed by atoms with Crippen LogP contribution >= 0.6 is 11.6 Å². The van der Waals surface area contributed by atoms with E-state index in [1.807, 2.05) is 18.2 Å². The average Bonchev–Trinajstić information content (AvgIpc) is 2.93. The summed E-state index contributed by atoms with van der Waals surface area (Å²) in [6, 6.07) is 5.78. The fraction of sp³-hybridized carbons (Fsp3) is 0.533. The van der Waals surface area contributed by atoms with Crippen LogP contribution in [0.25, 0.3) is 11.0 Å². The third-order valence-electron chi connectivity index (χ3n) is 3.98. The molecule has 0 aliphatic heterocycles. The highest BCUT2D eigenvalue weighted by Crippen LogP contribution is 2.45. The molecule has 0 unspecified atom stereocenters. The molecule has 0 bridgehead atoms. The van der Waals surface area contributed by atoms with E-state index in [0.29, 0.717) is 5.41 Å². The number of hydrogen-bond acceptors (Lipinski definition) is 2. The third kappa shape index (κ3) is 3.10. The van der Waals surface area contributed by atoms with Gasteiger partial charge in [-0.1, -0.05) is 18.5 Å². The average molecular weight is 278 g/mol. The van der Waals surface area contributed by atoms with E-state index in [9.17, 15) is 0 Å². The summed E-state index contributed by atoms with van der Waals surface area (Å²) >= 11 is 5.98. The predicted octanol–water partition coefficient (Wildman–Crippen LogP) is 3.49. The minimum absolute atomic E-state index is 0.580. The zero-order chi connectivity index (χ0) is 13.5. The molecule has 1 aromatic heterocycles. The first kappa shape index (κ1) is 12.9. The molecule has 1 aliphatic rings. The second kappa shape index (κ2) is 4.80. The number of imidazole rings is 1. The van der Waals surface area contributed by atoms with E-state index in [2.05, 4.69) is 28.8 Å². The zero-order valence-corrected chi connectivity index (χ0v) is 12.3. The molecule has 102 valence electrons. The highest BCUT2D eigenvalue weighted by atomic mass is 35.5. The third-order valence-corrected chi connectivity index (χ3v) is 4.21. The van der Waals surface area contributed by atoms with Gasteiger partial charge in [0.1, 0.15) is 5.82 Å². The molecule has 0 spiro atoms. The van der Waals surface area contributed by atoms with E-state index >= 15 is 0 Å². The van der Waals surface area contributed by atoms with Crippen molar-refractivity contribution in [1.29, 1.82) is 0 Å². The van der Waals surface area contributed by atoms with Crippen molar-refractivity contribution in [2.45, 2.75) is 26.2 Å². The number of fused-ring (bicyclic) bond motifs is 1. The van der Waals surface area contributed by atoms with Crippen LogP contribution in [0.2, 0.25) is 5.02 Å². The van der Waals surface area contributed by atoms with Crippen LogP contribution in [0.1, 0.15) is 25.6 Å². The van der Waals surface area contributed by atoms with Crippen LogP contribution in [0.15, 0.2) is 18.2 Å². The number of nitrogens with zero attached hydrogens (tertiary/aromatic N) is 2. The molecule has 0 radical (unpaired) electrons. The van der Waals surface area contributed by atoms with Crippen LogP contribution in [0.4, 0.5) is 0 Å². The molecule has 19 heavy (non-hydrogen) atoms. The van der Waals surface area contributed by atoms with Crippen LogP contribution in [0.5, 0.6) is 0 Å². The molecule has 1 aromatic carbocycles. The van der Waals surface area contributed by atoms with E-state index < -0.39 is 0 Å². The zero-order valence-electron chi connectivity index (χ0n) is 11.5. The van der Waals surface area contributed by atoms with Crippen LogP contribution in [-0.4, -0.2) is 35.0 Å². The van der Waals surface area contributed by atoms with Crippen LogP contribution in [-0.2, 0) is 6.42 Å². The number of halogens is 1. The molecular weight excluding hydrogens is 258 g/mol. The number of aromatic amines is 1. The fourth-order valence-electron chi connectivity index (χ4n) is 2.55. The Bertz CT molecular complexity index is 586. The molecule has 1 N–H and O–H groups in total. The first-order valence-electron chi connectivity index (χ1n) is 6.87. The summed E-state index contributed by atoms with van der Waals surface area (Å²) in [6.07, 6.45) is 3.71. The van der Waals surface area contributed by atoms with E-state index in [0.717, 1.165) is 34.8 Å². The summed E-state index contributed by atoms with van der Waals surface area (Å²) in [5.74, 6) is 1.05. The number of nitrogens with one attached hydrogen (secondary N) is 1.